The number of carbonyl (C=O) groups excluding carboxylic acids is 1. The SMILES string of the molecule is CC(=O)Nc1ccc(CNCC2(O)CCc3ccccc32)cc1. The molecule has 0 heterocycles. The Kier molecular flexibility index (Phi) is 4.46. The van der Waals surface area contributed by atoms with Gasteiger partial charge in [0.1, 0.15) is 5.60 Å². The number of hydrogen-bond donors (Lipinski definition) is 3. The molecule has 3 rings (SSSR count). The molecule has 2 aromatic rings. The minimum absolute atomic E-state index is 0.0713. The van der Waals surface area contributed by atoms with Gasteiger partial charge >= 0.3 is 0 Å². The minimum Gasteiger partial charge on any atom is -0.384 e. The van der Waals surface area contributed by atoms with Gasteiger partial charge in [-0.3, -0.25) is 4.79 Å². The van der Waals surface area contributed by atoms with E-state index < -0.39 is 5.60 Å². The number of anilines is 1. The smallest absolute Gasteiger partial charge is 0.221 e. The Balaban J connectivity index is 1.57. The Bertz CT molecular complexity index is 697. The van der Waals surface area contributed by atoms with E-state index in [0.29, 0.717) is 13.1 Å². The van der Waals surface area contributed by atoms with Gasteiger partial charge in [-0.05, 0) is 41.7 Å². The lowest BCUT2D eigenvalue weighted by molar-refractivity contribution is -0.114. The molecule has 3 N–H and O–H groups in total. The fraction of sp³-hybridized carbons (Fsp3) is 0.316. The number of carbonyl (C=O) groups is 1. The Morgan fingerprint density at radius 1 is 1.17 bits per heavy atom. The van der Waals surface area contributed by atoms with E-state index in [0.717, 1.165) is 29.7 Å². The Morgan fingerprint density at radius 3 is 2.65 bits per heavy atom. The Labute approximate surface area is 136 Å². The van der Waals surface area contributed by atoms with E-state index in [2.05, 4.69) is 16.7 Å². The zero-order valence-electron chi connectivity index (χ0n) is 13.3. The number of fused-ring (bicyclic) bond motifs is 1. The molecule has 2 aromatic carbocycles. The predicted molar refractivity (Wildman–Crippen MR) is 91.1 cm³/mol. The maximum Gasteiger partial charge on any atom is 0.221 e. The average Bonchev–Trinajstić information content (AvgIpc) is 2.87. The van der Waals surface area contributed by atoms with Crippen molar-refractivity contribution < 1.29 is 9.90 Å². The summed E-state index contributed by atoms with van der Waals surface area (Å²) in [5.41, 5.74) is 3.44. The maximum atomic E-state index is 11.0. The summed E-state index contributed by atoms with van der Waals surface area (Å²) in [6.07, 6.45) is 1.70. The zero-order valence-corrected chi connectivity index (χ0v) is 13.3. The largest absolute Gasteiger partial charge is 0.384 e. The van der Waals surface area contributed by atoms with Crippen LogP contribution in [-0.4, -0.2) is 17.6 Å². The lowest BCUT2D eigenvalue weighted by atomic mass is 9.96. The van der Waals surface area contributed by atoms with Gasteiger partial charge in [0.25, 0.3) is 0 Å². The van der Waals surface area contributed by atoms with Crippen molar-refractivity contribution in [2.75, 3.05) is 11.9 Å². The molecule has 0 saturated carbocycles. The summed E-state index contributed by atoms with van der Waals surface area (Å²) in [7, 11) is 0. The molecular formula is C19H22N2O2. The van der Waals surface area contributed by atoms with E-state index in [1.807, 2.05) is 42.5 Å². The number of amides is 1. The van der Waals surface area contributed by atoms with Crippen LogP contribution in [0.1, 0.15) is 30.0 Å². The lowest BCUT2D eigenvalue weighted by Gasteiger charge is -2.24. The molecule has 0 aliphatic heterocycles. The van der Waals surface area contributed by atoms with Crippen LogP contribution in [0.4, 0.5) is 5.69 Å². The number of rotatable bonds is 5. The van der Waals surface area contributed by atoms with Crippen LogP contribution in [0.2, 0.25) is 0 Å². The lowest BCUT2D eigenvalue weighted by Crippen LogP contribution is -2.35. The Hall–Kier alpha value is -2.17. The number of benzene rings is 2. The summed E-state index contributed by atoms with van der Waals surface area (Å²) < 4.78 is 0. The number of hydrogen-bond acceptors (Lipinski definition) is 3. The molecule has 0 spiro atoms. The van der Waals surface area contributed by atoms with Crippen LogP contribution in [0.5, 0.6) is 0 Å². The van der Waals surface area contributed by atoms with Crippen molar-refractivity contribution in [2.24, 2.45) is 0 Å². The molecule has 0 aromatic heterocycles. The highest BCUT2D eigenvalue weighted by atomic mass is 16.3. The number of aryl methyl sites for hydroxylation is 1. The fourth-order valence-electron chi connectivity index (χ4n) is 3.17. The number of aliphatic hydroxyl groups is 1. The van der Waals surface area contributed by atoms with Crippen molar-refractivity contribution in [3.8, 4) is 0 Å². The predicted octanol–water partition coefficient (Wildman–Crippen LogP) is 2.57. The first kappa shape index (κ1) is 15.7. The van der Waals surface area contributed by atoms with Crippen LogP contribution in [0, 0.1) is 0 Å². The molecule has 0 saturated heterocycles. The van der Waals surface area contributed by atoms with Gasteiger partial charge in [-0.1, -0.05) is 36.4 Å². The fourth-order valence-corrected chi connectivity index (χ4v) is 3.17. The summed E-state index contributed by atoms with van der Waals surface area (Å²) in [5.74, 6) is -0.0713. The van der Waals surface area contributed by atoms with E-state index >= 15 is 0 Å². The van der Waals surface area contributed by atoms with Crippen LogP contribution in [0.25, 0.3) is 0 Å². The van der Waals surface area contributed by atoms with Crippen LogP contribution in [0.3, 0.4) is 0 Å². The minimum atomic E-state index is -0.771. The molecule has 0 radical (unpaired) electrons. The third-order valence-electron chi connectivity index (χ3n) is 4.35. The standard InChI is InChI=1S/C19H22N2O2/c1-14(22)21-17-8-6-15(7-9-17)12-20-13-19(23)11-10-16-4-2-3-5-18(16)19/h2-9,20,23H,10-13H2,1H3,(H,21,22). The van der Waals surface area contributed by atoms with Gasteiger partial charge < -0.3 is 15.7 Å². The van der Waals surface area contributed by atoms with Crippen LogP contribution >= 0.6 is 0 Å². The first-order chi connectivity index (χ1) is 11.1. The van der Waals surface area contributed by atoms with Crippen molar-refractivity contribution >= 4 is 11.6 Å². The zero-order chi connectivity index (χ0) is 16.3. The van der Waals surface area contributed by atoms with E-state index in [-0.39, 0.29) is 5.91 Å². The topological polar surface area (TPSA) is 61.4 Å². The second-order valence-electron chi connectivity index (χ2n) is 6.17. The molecule has 4 nitrogen and oxygen atoms in total. The summed E-state index contributed by atoms with van der Waals surface area (Å²) in [5, 5.41) is 17.0. The highest BCUT2D eigenvalue weighted by Crippen LogP contribution is 2.36. The van der Waals surface area contributed by atoms with Crippen molar-refractivity contribution in [2.45, 2.75) is 31.9 Å². The van der Waals surface area contributed by atoms with Gasteiger partial charge in [0.05, 0.1) is 0 Å². The molecule has 23 heavy (non-hydrogen) atoms. The number of nitrogens with one attached hydrogen (secondary N) is 2. The average molecular weight is 310 g/mol. The monoisotopic (exact) mass is 310 g/mol. The molecule has 1 atom stereocenters. The first-order valence-electron chi connectivity index (χ1n) is 7.95. The highest BCUT2D eigenvalue weighted by molar-refractivity contribution is 5.88. The molecule has 1 amide bonds. The molecule has 1 unspecified atom stereocenters. The van der Waals surface area contributed by atoms with Crippen molar-refractivity contribution in [1.29, 1.82) is 0 Å². The van der Waals surface area contributed by atoms with Crippen LogP contribution < -0.4 is 10.6 Å². The van der Waals surface area contributed by atoms with Gasteiger partial charge in [0.15, 0.2) is 0 Å². The molecule has 0 bridgehead atoms. The van der Waals surface area contributed by atoms with Gasteiger partial charge in [-0.15, -0.1) is 0 Å². The molecule has 4 heteroatoms. The molecule has 120 valence electrons. The van der Waals surface area contributed by atoms with Gasteiger partial charge in [0, 0.05) is 25.7 Å². The normalized spacial score (nSPS) is 19.4. The maximum absolute atomic E-state index is 11.0. The second-order valence-corrected chi connectivity index (χ2v) is 6.17. The summed E-state index contributed by atoms with van der Waals surface area (Å²) in [6.45, 7) is 2.72. The Morgan fingerprint density at radius 2 is 1.91 bits per heavy atom. The first-order valence-corrected chi connectivity index (χ1v) is 7.95. The van der Waals surface area contributed by atoms with E-state index in [4.69, 9.17) is 0 Å². The third kappa shape index (κ3) is 3.60. The van der Waals surface area contributed by atoms with Crippen molar-refractivity contribution in [3.05, 3.63) is 65.2 Å². The summed E-state index contributed by atoms with van der Waals surface area (Å²) in [4.78, 5) is 11.0. The van der Waals surface area contributed by atoms with Crippen molar-refractivity contribution in [1.82, 2.24) is 5.32 Å². The highest BCUT2D eigenvalue weighted by Gasteiger charge is 2.35. The second kappa shape index (κ2) is 6.52. The van der Waals surface area contributed by atoms with E-state index in [1.165, 1.54) is 12.5 Å². The van der Waals surface area contributed by atoms with Gasteiger partial charge in [-0.2, -0.15) is 0 Å². The van der Waals surface area contributed by atoms with Crippen LogP contribution in [-0.2, 0) is 23.4 Å². The molecule has 0 fully saturated rings. The molecular weight excluding hydrogens is 288 g/mol. The molecule has 1 aliphatic carbocycles. The van der Waals surface area contributed by atoms with Gasteiger partial charge in [0.2, 0.25) is 5.91 Å². The van der Waals surface area contributed by atoms with Crippen LogP contribution in [0.15, 0.2) is 48.5 Å². The summed E-state index contributed by atoms with van der Waals surface area (Å²) >= 11 is 0. The van der Waals surface area contributed by atoms with Gasteiger partial charge in [-0.25, -0.2) is 0 Å². The van der Waals surface area contributed by atoms with Crippen molar-refractivity contribution in [3.63, 3.8) is 0 Å². The summed E-state index contributed by atoms with van der Waals surface area (Å²) in [6, 6.07) is 15.8. The van der Waals surface area contributed by atoms with E-state index in [9.17, 15) is 9.90 Å². The quantitative estimate of drug-likeness (QED) is 0.795. The van der Waals surface area contributed by atoms with E-state index in [1.54, 1.807) is 0 Å². The third-order valence-corrected chi connectivity index (χ3v) is 4.35. The molecule has 1 aliphatic rings.